The van der Waals surface area contributed by atoms with Gasteiger partial charge in [-0.3, -0.25) is 4.79 Å². The van der Waals surface area contributed by atoms with E-state index in [4.69, 9.17) is 10.00 Å². The van der Waals surface area contributed by atoms with E-state index >= 15 is 0 Å². The van der Waals surface area contributed by atoms with Gasteiger partial charge in [0, 0.05) is 31.1 Å². The minimum absolute atomic E-state index is 0.0447. The monoisotopic (exact) mass is 295 g/mol. The molecular formula is C17H17N3O2. The van der Waals surface area contributed by atoms with Crippen LogP contribution in [0.2, 0.25) is 0 Å². The van der Waals surface area contributed by atoms with E-state index in [9.17, 15) is 4.79 Å². The van der Waals surface area contributed by atoms with E-state index in [2.05, 4.69) is 10.6 Å². The number of aromatic nitrogens is 1. The van der Waals surface area contributed by atoms with Crippen LogP contribution in [0.4, 0.5) is 0 Å². The summed E-state index contributed by atoms with van der Waals surface area (Å²) in [6.45, 7) is 1.82. The molecule has 0 N–H and O–H groups in total. The first-order valence-electron chi connectivity index (χ1n) is 7.17. The zero-order valence-corrected chi connectivity index (χ0v) is 12.4. The van der Waals surface area contributed by atoms with Gasteiger partial charge < -0.3 is 14.2 Å². The smallest absolute Gasteiger partial charge is 0.254 e. The Balaban J connectivity index is 1.89. The molecule has 112 valence electrons. The Labute approximate surface area is 129 Å². The molecule has 1 amide bonds. The number of ether oxygens (including phenoxy) is 1. The molecule has 2 aromatic rings. The lowest BCUT2D eigenvalue weighted by molar-refractivity contribution is 0.0459. The van der Waals surface area contributed by atoms with E-state index in [1.54, 1.807) is 36.3 Å². The Morgan fingerprint density at radius 2 is 2.18 bits per heavy atom. The van der Waals surface area contributed by atoms with Gasteiger partial charge >= 0.3 is 0 Å². The second kappa shape index (κ2) is 6.04. The predicted octanol–water partition coefficient (Wildman–Crippen LogP) is 2.03. The van der Waals surface area contributed by atoms with Crippen molar-refractivity contribution in [3.05, 3.63) is 59.4 Å². The summed E-state index contributed by atoms with van der Waals surface area (Å²) in [4.78, 5) is 14.5. The van der Waals surface area contributed by atoms with Crippen molar-refractivity contribution in [2.45, 2.75) is 19.2 Å². The first-order valence-corrected chi connectivity index (χ1v) is 7.17. The Kier molecular flexibility index (Phi) is 3.94. The Bertz CT molecular complexity index is 730. The van der Waals surface area contributed by atoms with Crippen LogP contribution < -0.4 is 0 Å². The molecule has 1 aliphatic heterocycles. The second-order valence-electron chi connectivity index (χ2n) is 5.39. The molecule has 0 spiro atoms. The summed E-state index contributed by atoms with van der Waals surface area (Å²) in [6.07, 6.45) is 1.96. The number of nitrogens with zero attached hydrogens (tertiary/aromatic N) is 3. The molecule has 2 heterocycles. The van der Waals surface area contributed by atoms with Crippen LogP contribution in [-0.2, 0) is 17.8 Å². The molecule has 0 radical (unpaired) electrons. The number of rotatable bonds is 2. The maximum Gasteiger partial charge on any atom is 0.254 e. The van der Waals surface area contributed by atoms with Crippen molar-refractivity contribution in [3.8, 4) is 6.07 Å². The van der Waals surface area contributed by atoms with E-state index < -0.39 is 0 Å². The number of hydrogen-bond donors (Lipinski definition) is 0. The minimum Gasteiger partial charge on any atom is -0.378 e. The molecule has 1 aromatic heterocycles. The summed E-state index contributed by atoms with van der Waals surface area (Å²) in [7, 11) is 1.66. The van der Waals surface area contributed by atoms with Crippen molar-refractivity contribution >= 4 is 5.91 Å². The molecule has 1 atom stereocenters. The van der Waals surface area contributed by atoms with Gasteiger partial charge in [0.1, 0.15) is 0 Å². The standard InChI is InChI=1S/C17H17N3O2/c1-22-16-11-19-7-3-6-15(19)10-20(12-16)17(21)14-5-2-4-13(8-14)9-18/h2-8,16H,10-12H2,1H3. The lowest BCUT2D eigenvalue weighted by Crippen LogP contribution is -2.36. The highest BCUT2D eigenvalue weighted by Crippen LogP contribution is 2.18. The average molecular weight is 295 g/mol. The van der Waals surface area contributed by atoms with Gasteiger partial charge in [-0.05, 0) is 30.3 Å². The van der Waals surface area contributed by atoms with Crippen molar-refractivity contribution in [2.24, 2.45) is 0 Å². The highest BCUT2D eigenvalue weighted by molar-refractivity contribution is 5.94. The Morgan fingerprint density at radius 3 is 2.95 bits per heavy atom. The van der Waals surface area contributed by atoms with E-state index in [0.717, 1.165) is 12.2 Å². The quantitative estimate of drug-likeness (QED) is 0.852. The fourth-order valence-corrected chi connectivity index (χ4v) is 2.76. The first-order chi connectivity index (χ1) is 10.7. The van der Waals surface area contributed by atoms with Crippen molar-refractivity contribution in [1.82, 2.24) is 9.47 Å². The summed E-state index contributed by atoms with van der Waals surface area (Å²) in [5, 5.41) is 8.98. The van der Waals surface area contributed by atoms with Crippen LogP contribution in [0.15, 0.2) is 42.6 Å². The summed E-state index contributed by atoms with van der Waals surface area (Å²) < 4.78 is 7.61. The van der Waals surface area contributed by atoms with Gasteiger partial charge in [-0.15, -0.1) is 0 Å². The third-order valence-electron chi connectivity index (χ3n) is 3.96. The Morgan fingerprint density at radius 1 is 1.32 bits per heavy atom. The second-order valence-corrected chi connectivity index (χ2v) is 5.39. The SMILES string of the molecule is COC1CN(C(=O)c2cccc(C#N)c2)Cc2cccn2C1. The number of hydrogen-bond acceptors (Lipinski definition) is 3. The van der Waals surface area contributed by atoms with Crippen molar-refractivity contribution in [3.63, 3.8) is 0 Å². The van der Waals surface area contributed by atoms with Gasteiger partial charge in [-0.1, -0.05) is 6.07 Å². The average Bonchev–Trinajstić information content (AvgIpc) is 2.91. The fraction of sp³-hybridized carbons (Fsp3) is 0.294. The summed E-state index contributed by atoms with van der Waals surface area (Å²) in [5.74, 6) is -0.0752. The van der Waals surface area contributed by atoms with Gasteiger partial charge in [-0.2, -0.15) is 5.26 Å². The molecule has 0 bridgehead atoms. The van der Waals surface area contributed by atoms with E-state index in [-0.39, 0.29) is 12.0 Å². The summed E-state index contributed by atoms with van der Waals surface area (Å²) >= 11 is 0. The van der Waals surface area contributed by atoms with Crippen molar-refractivity contribution in [1.29, 1.82) is 5.26 Å². The van der Waals surface area contributed by atoms with Gasteiger partial charge in [-0.25, -0.2) is 0 Å². The van der Waals surface area contributed by atoms with Crippen LogP contribution in [0.3, 0.4) is 0 Å². The van der Waals surface area contributed by atoms with Crippen molar-refractivity contribution in [2.75, 3.05) is 13.7 Å². The topological polar surface area (TPSA) is 58.3 Å². The molecule has 3 rings (SSSR count). The molecule has 1 aromatic carbocycles. The number of carbonyl (C=O) groups excluding carboxylic acids is 1. The predicted molar refractivity (Wildman–Crippen MR) is 81.1 cm³/mol. The number of amides is 1. The molecule has 0 aliphatic carbocycles. The van der Waals surface area contributed by atoms with Gasteiger partial charge in [0.25, 0.3) is 5.91 Å². The largest absolute Gasteiger partial charge is 0.378 e. The molecular weight excluding hydrogens is 278 g/mol. The normalized spacial score (nSPS) is 17.5. The molecule has 0 saturated carbocycles. The number of carbonyl (C=O) groups is 1. The van der Waals surface area contributed by atoms with Gasteiger partial charge in [0.15, 0.2) is 0 Å². The number of benzene rings is 1. The van der Waals surface area contributed by atoms with E-state index in [1.165, 1.54) is 0 Å². The number of nitriles is 1. The molecule has 1 aliphatic rings. The van der Waals surface area contributed by atoms with Crippen LogP contribution in [0.5, 0.6) is 0 Å². The number of fused-ring (bicyclic) bond motifs is 1. The maximum absolute atomic E-state index is 12.8. The van der Waals surface area contributed by atoms with Crippen LogP contribution in [0, 0.1) is 11.3 Å². The fourth-order valence-electron chi connectivity index (χ4n) is 2.76. The van der Waals surface area contributed by atoms with E-state index in [1.807, 2.05) is 18.3 Å². The summed E-state index contributed by atoms with van der Waals surface area (Å²) in [5.41, 5.74) is 2.12. The van der Waals surface area contributed by atoms with Crippen molar-refractivity contribution < 1.29 is 9.53 Å². The number of methoxy groups -OCH3 is 1. The Hall–Kier alpha value is -2.58. The zero-order chi connectivity index (χ0) is 15.5. The third-order valence-corrected chi connectivity index (χ3v) is 3.96. The minimum atomic E-state index is -0.0752. The van der Waals surface area contributed by atoms with Crippen LogP contribution in [-0.4, -0.2) is 35.1 Å². The zero-order valence-electron chi connectivity index (χ0n) is 12.4. The molecule has 0 fully saturated rings. The maximum atomic E-state index is 12.8. The van der Waals surface area contributed by atoms with Crippen LogP contribution in [0.25, 0.3) is 0 Å². The molecule has 5 nitrogen and oxygen atoms in total. The highest BCUT2D eigenvalue weighted by atomic mass is 16.5. The first kappa shape index (κ1) is 14.4. The van der Waals surface area contributed by atoms with Crippen LogP contribution >= 0.6 is 0 Å². The molecule has 0 saturated heterocycles. The lowest BCUT2D eigenvalue weighted by atomic mass is 10.1. The van der Waals surface area contributed by atoms with Crippen LogP contribution in [0.1, 0.15) is 21.6 Å². The molecule has 5 heteroatoms. The lowest BCUT2D eigenvalue weighted by Gasteiger charge is -2.23. The van der Waals surface area contributed by atoms with Gasteiger partial charge in [0.2, 0.25) is 0 Å². The van der Waals surface area contributed by atoms with E-state index in [0.29, 0.717) is 24.2 Å². The molecule has 22 heavy (non-hydrogen) atoms. The molecule has 1 unspecified atom stereocenters. The van der Waals surface area contributed by atoms with Gasteiger partial charge in [0.05, 0.1) is 30.8 Å². The third kappa shape index (κ3) is 2.74. The highest BCUT2D eigenvalue weighted by Gasteiger charge is 2.25. The summed E-state index contributed by atoms with van der Waals surface area (Å²) in [6, 6.07) is 12.9.